The predicted octanol–water partition coefficient (Wildman–Crippen LogP) is 1.89. The van der Waals surface area contributed by atoms with Crippen molar-refractivity contribution in [2.24, 2.45) is 0 Å². The maximum atomic E-state index is 12.7. The maximum absolute atomic E-state index is 12.7. The number of carbonyl (C=O) groups excluding carboxylic acids is 2. The highest BCUT2D eigenvalue weighted by Crippen LogP contribution is 2.21. The molecule has 0 bridgehead atoms. The highest BCUT2D eigenvalue weighted by Gasteiger charge is 2.34. The minimum absolute atomic E-state index is 0.0325. The molecule has 1 N–H and O–H groups in total. The number of halogens is 1. The number of morpholine rings is 1. The van der Waals surface area contributed by atoms with Gasteiger partial charge in [0.05, 0.1) is 13.2 Å². The monoisotopic (exact) mass is 423 g/mol. The molecule has 0 spiro atoms. The number of hydrogen-bond acceptors (Lipinski definition) is 4. The SMILES string of the molecule is O=C(NCCCN1CCOCC1)C1CCCN1C(=O)c1ccc(Br)cc1. The molecule has 1 atom stereocenters. The van der Waals surface area contributed by atoms with E-state index in [4.69, 9.17) is 4.74 Å². The van der Waals surface area contributed by atoms with Crippen molar-refractivity contribution < 1.29 is 14.3 Å². The molecular formula is C19H26BrN3O3. The Morgan fingerprint density at radius 2 is 1.88 bits per heavy atom. The number of benzene rings is 1. The maximum Gasteiger partial charge on any atom is 0.254 e. The van der Waals surface area contributed by atoms with Crippen molar-refractivity contribution in [1.82, 2.24) is 15.1 Å². The molecule has 1 unspecified atom stereocenters. The zero-order valence-electron chi connectivity index (χ0n) is 15.0. The van der Waals surface area contributed by atoms with Crippen molar-refractivity contribution in [3.8, 4) is 0 Å². The number of rotatable bonds is 6. The van der Waals surface area contributed by atoms with Crippen LogP contribution in [0.2, 0.25) is 0 Å². The molecule has 2 heterocycles. The quantitative estimate of drug-likeness (QED) is 0.709. The second-order valence-electron chi connectivity index (χ2n) is 6.76. The summed E-state index contributed by atoms with van der Waals surface area (Å²) in [6.07, 6.45) is 2.52. The lowest BCUT2D eigenvalue weighted by Crippen LogP contribution is -2.46. The largest absolute Gasteiger partial charge is 0.379 e. The average Bonchev–Trinajstić information content (AvgIpc) is 3.16. The molecule has 2 fully saturated rings. The van der Waals surface area contributed by atoms with Crippen LogP contribution in [0, 0.1) is 0 Å². The number of ether oxygens (including phenoxy) is 1. The molecule has 7 heteroatoms. The van der Waals surface area contributed by atoms with E-state index < -0.39 is 0 Å². The van der Waals surface area contributed by atoms with E-state index in [1.54, 1.807) is 17.0 Å². The van der Waals surface area contributed by atoms with Gasteiger partial charge in [-0.3, -0.25) is 14.5 Å². The fraction of sp³-hybridized carbons (Fsp3) is 0.579. The van der Waals surface area contributed by atoms with Gasteiger partial charge in [-0.15, -0.1) is 0 Å². The lowest BCUT2D eigenvalue weighted by Gasteiger charge is -2.27. The summed E-state index contributed by atoms with van der Waals surface area (Å²) in [4.78, 5) is 29.3. The van der Waals surface area contributed by atoms with Crippen LogP contribution in [0.25, 0.3) is 0 Å². The Kier molecular flexibility index (Phi) is 7.05. The summed E-state index contributed by atoms with van der Waals surface area (Å²) in [5.41, 5.74) is 0.625. The van der Waals surface area contributed by atoms with Gasteiger partial charge in [0.15, 0.2) is 0 Å². The summed E-state index contributed by atoms with van der Waals surface area (Å²) in [6, 6.07) is 6.94. The van der Waals surface area contributed by atoms with Gasteiger partial charge in [0.1, 0.15) is 6.04 Å². The Hall–Kier alpha value is -1.44. The first-order valence-corrected chi connectivity index (χ1v) is 10.1. The number of nitrogens with one attached hydrogen (secondary N) is 1. The fourth-order valence-corrected chi connectivity index (χ4v) is 3.76. The molecule has 0 radical (unpaired) electrons. The van der Waals surface area contributed by atoms with E-state index in [-0.39, 0.29) is 17.9 Å². The second kappa shape index (κ2) is 9.48. The number of likely N-dealkylation sites (tertiary alicyclic amines) is 1. The van der Waals surface area contributed by atoms with E-state index in [1.165, 1.54) is 0 Å². The molecule has 0 aromatic heterocycles. The van der Waals surface area contributed by atoms with E-state index in [1.807, 2.05) is 12.1 Å². The molecule has 26 heavy (non-hydrogen) atoms. The van der Waals surface area contributed by atoms with Gasteiger partial charge < -0.3 is 15.0 Å². The Balaban J connectivity index is 1.46. The molecule has 2 aliphatic rings. The smallest absolute Gasteiger partial charge is 0.254 e. The number of nitrogens with zero attached hydrogens (tertiary/aromatic N) is 2. The predicted molar refractivity (Wildman–Crippen MR) is 103 cm³/mol. The molecule has 1 aromatic rings. The fourth-order valence-electron chi connectivity index (χ4n) is 3.50. The van der Waals surface area contributed by atoms with E-state index >= 15 is 0 Å². The minimum Gasteiger partial charge on any atom is -0.379 e. The standard InChI is InChI=1S/C19H26BrN3O3/c20-16-6-4-15(5-7-16)19(25)23-10-1-3-17(23)18(24)21-8-2-9-22-11-13-26-14-12-22/h4-7,17H,1-3,8-14H2,(H,21,24). The summed E-state index contributed by atoms with van der Waals surface area (Å²) in [5, 5.41) is 3.01. The van der Waals surface area contributed by atoms with Gasteiger partial charge >= 0.3 is 0 Å². The molecule has 3 rings (SSSR count). The lowest BCUT2D eigenvalue weighted by atomic mass is 10.1. The number of hydrogen-bond donors (Lipinski definition) is 1. The molecular weight excluding hydrogens is 398 g/mol. The first-order valence-electron chi connectivity index (χ1n) is 9.29. The molecule has 142 valence electrons. The second-order valence-corrected chi connectivity index (χ2v) is 7.68. The highest BCUT2D eigenvalue weighted by atomic mass is 79.9. The van der Waals surface area contributed by atoms with Gasteiger partial charge in [-0.1, -0.05) is 15.9 Å². The first-order chi connectivity index (χ1) is 12.6. The van der Waals surface area contributed by atoms with Crippen molar-refractivity contribution in [3.05, 3.63) is 34.3 Å². The third-order valence-electron chi connectivity index (χ3n) is 4.96. The first kappa shape index (κ1) is 19.3. The van der Waals surface area contributed by atoms with Crippen molar-refractivity contribution in [3.63, 3.8) is 0 Å². The van der Waals surface area contributed by atoms with Crippen LogP contribution in [0.1, 0.15) is 29.6 Å². The normalized spacial score (nSPS) is 21.0. The van der Waals surface area contributed by atoms with E-state index in [2.05, 4.69) is 26.1 Å². The third kappa shape index (κ3) is 5.05. The number of amides is 2. The topological polar surface area (TPSA) is 61.9 Å². The van der Waals surface area contributed by atoms with Crippen LogP contribution in [0.4, 0.5) is 0 Å². The number of carbonyl (C=O) groups is 2. The highest BCUT2D eigenvalue weighted by molar-refractivity contribution is 9.10. The van der Waals surface area contributed by atoms with Gasteiger partial charge in [-0.2, -0.15) is 0 Å². The van der Waals surface area contributed by atoms with Crippen molar-refractivity contribution in [2.75, 3.05) is 45.9 Å². The molecule has 2 saturated heterocycles. The lowest BCUT2D eigenvalue weighted by molar-refractivity contribution is -0.124. The van der Waals surface area contributed by atoms with E-state index in [0.717, 1.165) is 56.6 Å². The molecule has 2 aliphatic heterocycles. The minimum atomic E-state index is -0.352. The van der Waals surface area contributed by atoms with Crippen LogP contribution in [-0.4, -0.2) is 73.6 Å². The Bertz CT molecular complexity index is 617. The molecule has 1 aromatic carbocycles. The average molecular weight is 424 g/mol. The van der Waals surface area contributed by atoms with Crippen molar-refractivity contribution >= 4 is 27.7 Å². The third-order valence-corrected chi connectivity index (χ3v) is 5.49. The van der Waals surface area contributed by atoms with Crippen LogP contribution in [-0.2, 0) is 9.53 Å². The van der Waals surface area contributed by atoms with Crippen LogP contribution >= 0.6 is 15.9 Å². The van der Waals surface area contributed by atoms with Gasteiger partial charge in [0.2, 0.25) is 5.91 Å². The van der Waals surface area contributed by atoms with Crippen molar-refractivity contribution in [1.29, 1.82) is 0 Å². The van der Waals surface area contributed by atoms with Crippen LogP contribution in [0.3, 0.4) is 0 Å². The summed E-state index contributed by atoms with van der Waals surface area (Å²) >= 11 is 3.38. The van der Waals surface area contributed by atoms with Crippen LogP contribution in [0.5, 0.6) is 0 Å². The van der Waals surface area contributed by atoms with E-state index in [0.29, 0.717) is 18.7 Å². The molecule has 6 nitrogen and oxygen atoms in total. The summed E-state index contributed by atoms with van der Waals surface area (Å²) in [7, 11) is 0. The molecule has 0 saturated carbocycles. The zero-order valence-corrected chi connectivity index (χ0v) is 16.5. The summed E-state index contributed by atoms with van der Waals surface area (Å²) < 4.78 is 6.27. The van der Waals surface area contributed by atoms with E-state index in [9.17, 15) is 9.59 Å². The molecule has 0 aliphatic carbocycles. The van der Waals surface area contributed by atoms with Gasteiger partial charge in [0, 0.05) is 36.2 Å². The summed E-state index contributed by atoms with van der Waals surface area (Å²) in [5.74, 6) is -0.0987. The van der Waals surface area contributed by atoms with Crippen LogP contribution in [0.15, 0.2) is 28.7 Å². The Morgan fingerprint density at radius 3 is 2.62 bits per heavy atom. The van der Waals surface area contributed by atoms with Gasteiger partial charge in [0.25, 0.3) is 5.91 Å². The van der Waals surface area contributed by atoms with Crippen LogP contribution < -0.4 is 5.32 Å². The van der Waals surface area contributed by atoms with Crippen molar-refractivity contribution in [2.45, 2.75) is 25.3 Å². The van der Waals surface area contributed by atoms with Gasteiger partial charge in [-0.05, 0) is 50.1 Å². The Labute approximate surface area is 163 Å². The zero-order chi connectivity index (χ0) is 18.4. The molecule has 2 amide bonds. The Morgan fingerprint density at radius 1 is 1.15 bits per heavy atom. The van der Waals surface area contributed by atoms with Gasteiger partial charge in [-0.25, -0.2) is 0 Å². The summed E-state index contributed by atoms with van der Waals surface area (Å²) in [6.45, 7) is 5.77.